The Morgan fingerprint density at radius 3 is 2.72 bits per heavy atom. The van der Waals surface area contributed by atoms with Gasteiger partial charge in [0.2, 0.25) is 0 Å². The summed E-state index contributed by atoms with van der Waals surface area (Å²) in [6.45, 7) is 12.0. The second kappa shape index (κ2) is 6.02. The van der Waals surface area contributed by atoms with Crippen molar-refractivity contribution in [1.82, 2.24) is 10.3 Å². The molecule has 0 aromatic carbocycles. The van der Waals surface area contributed by atoms with E-state index in [-0.39, 0.29) is 0 Å². The number of hydrogen-bond donors (Lipinski definition) is 1. The van der Waals surface area contributed by atoms with Crippen LogP contribution >= 0.6 is 11.3 Å². The lowest BCUT2D eigenvalue weighted by Crippen LogP contribution is -2.26. The Kier molecular flexibility index (Phi) is 4.62. The summed E-state index contributed by atoms with van der Waals surface area (Å²) in [5, 5.41) is 4.77. The van der Waals surface area contributed by atoms with E-state index in [4.69, 9.17) is 4.98 Å². The Labute approximate surface area is 115 Å². The van der Waals surface area contributed by atoms with Gasteiger partial charge in [0.25, 0.3) is 0 Å². The van der Waals surface area contributed by atoms with Gasteiger partial charge in [-0.15, -0.1) is 11.3 Å². The molecular weight excluding hydrogens is 242 g/mol. The first-order valence-corrected chi connectivity index (χ1v) is 7.86. The first kappa shape index (κ1) is 13.8. The topological polar surface area (TPSA) is 28.2 Å². The molecule has 1 aliphatic rings. The molecule has 1 aromatic heterocycles. The van der Waals surface area contributed by atoms with Crippen molar-refractivity contribution in [3.63, 3.8) is 0 Å². The number of aromatic nitrogens is 1. The van der Waals surface area contributed by atoms with Crippen LogP contribution in [0.25, 0.3) is 0 Å². The van der Waals surface area contributed by atoms with Gasteiger partial charge in [-0.25, -0.2) is 4.98 Å². The third-order valence-electron chi connectivity index (χ3n) is 3.25. The lowest BCUT2D eigenvalue weighted by molar-refractivity contribution is 0.617. The van der Waals surface area contributed by atoms with Crippen LogP contribution in [0, 0.1) is 12.8 Å². The summed E-state index contributed by atoms with van der Waals surface area (Å²) in [4.78, 5) is 8.53. The minimum atomic E-state index is 0.683. The Hall–Kier alpha value is -0.610. The molecule has 0 saturated heterocycles. The zero-order chi connectivity index (χ0) is 13.1. The fourth-order valence-corrected chi connectivity index (χ4v) is 3.10. The molecule has 1 aromatic rings. The lowest BCUT2D eigenvalue weighted by Gasteiger charge is -2.21. The third kappa shape index (κ3) is 3.69. The van der Waals surface area contributed by atoms with Crippen molar-refractivity contribution in [2.24, 2.45) is 5.92 Å². The van der Waals surface area contributed by atoms with Crippen molar-refractivity contribution >= 4 is 16.5 Å². The van der Waals surface area contributed by atoms with Gasteiger partial charge in [-0.2, -0.15) is 0 Å². The molecule has 18 heavy (non-hydrogen) atoms. The molecule has 3 nitrogen and oxygen atoms in total. The van der Waals surface area contributed by atoms with Crippen molar-refractivity contribution in [2.75, 3.05) is 18.0 Å². The molecule has 0 bridgehead atoms. The van der Waals surface area contributed by atoms with E-state index < -0.39 is 0 Å². The van der Waals surface area contributed by atoms with Gasteiger partial charge < -0.3 is 10.2 Å². The Balaban J connectivity index is 2.00. The highest BCUT2D eigenvalue weighted by atomic mass is 32.1. The number of anilines is 1. The van der Waals surface area contributed by atoms with Crippen LogP contribution in [-0.4, -0.2) is 24.1 Å². The average molecular weight is 267 g/mol. The van der Waals surface area contributed by atoms with Crippen molar-refractivity contribution in [1.29, 1.82) is 0 Å². The summed E-state index contributed by atoms with van der Waals surface area (Å²) in [6, 6.07) is 0.771. The molecule has 1 aliphatic carbocycles. The summed E-state index contributed by atoms with van der Waals surface area (Å²) >= 11 is 1.86. The molecule has 0 unspecified atom stereocenters. The van der Waals surface area contributed by atoms with Gasteiger partial charge in [0.15, 0.2) is 5.13 Å². The summed E-state index contributed by atoms with van der Waals surface area (Å²) in [6.07, 6.45) is 2.69. The minimum Gasteiger partial charge on any atom is -0.348 e. The predicted molar refractivity (Wildman–Crippen MR) is 79.4 cm³/mol. The van der Waals surface area contributed by atoms with Gasteiger partial charge in [-0.1, -0.05) is 13.8 Å². The highest BCUT2D eigenvalue weighted by Crippen LogP contribution is 2.28. The van der Waals surface area contributed by atoms with Crippen molar-refractivity contribution in [3.05, 3.63) is 10.6 Å². The standard InChI is InChI=1S/C14H25N3S/c1-5-17(9-10(2)3)14-16-11(4)13(18-14)8-15-12-6-7-12/h10,12,15H,5-9H2,1-4H3. The van der Waals surface area contributed by atoms with E-state index in [0.717, 1.165) is 25.7 Å². The van der Waals surface area contributed by atoms with Gasteiger partial charge in [0, 0.05) is 30.6 Å². The Morgan fingerprint density at radius 1 is 1.44 bits per heavy atom. The van der Waals surface area contributed by atoms with Crippen LogP contribution < -0.4 is 10.2 Å². The molecule has 0 radical (unpaired) electrons. The molecular formula is C14H25N3S. The minimum absolute atomic E-state index is 0.683. The molecule has 1 heterocycles. The molecule has 102 valence electrons. The first-order chi connectivity index (χ1) is 8.60. The number of nitrogens with one attached hydrogen (secondary N) is 1. The normalized spacial score (nSPS) is 15.4. The SMILES string of the molecule is CCN(CC(C)C)c1nc(C)c(CNC2CC2)s1. The zero-order valence-corrected chi connectivity index (χ0v) is 12.8. The van der Waals surface area contributed by atoms with Gasteiger partial charge in [0.05, 0.1) is 5.69 Å². The molecule has 0 spiro atoms. The van der Waals surface area contributed by atoms with Crippen LogP contribution in [0.2, 0.25) is 0 Å². The molecule has 1 fully saturated rings. The molecule has 1 N–H and O–H groups in total. The fraction of sp³-hybridized carbons (Fsp3) is 0.786. The Bertz CT molecular complexity index is 382. The molecule has 4 heteroatoms. The van der Waals surface area contributed by atoms with Crippen LogP contribution in [0.5, 0.6) is 0 Å². The summed E-state index contributed by atoms with van der Waals surface area (Å²) in [5.74, 6) is 0.683. The zero-order valence-electron chi connectivity index (χ0n) is 12.0. The number of hydrogen-bond acceptors (Lipinski definition) is 4. The van der Waals surface area contributed by atoms with Crippen LogP contribution in [0.3, 0.4) is 0 Å². The van der Waals surface area contributed by atoms with E-state index in [1.165, 1.54) is 28.5 Å². The van der Waals surface area contributed by atoms with E-state index >= 15 is 0 Å². The first-order valence-electron chi connectivity index (χ1n) is 7.04. The predicted octanol–water partition coefficient (Wildman–Crippen LogP) is 3.19. The van der Waals surface area contributed by atoms with Crippen LogP contribution in [0.1, 0.15) is 44.2 Å². The summed E-state index contributed by atoms with van der Waals surface area (Å²) < 4.78 is 0. The van der Waals surface area contributed by atoms with E-state index in [9.17, 15) is 0 Å². The summed E-state index contributed by atoms with van der Waals surface area (Å²) in [5.41, 5.74) is 1.20. The maximum Gasteiger partial charge on any atom is 0.185 e. The maximum atomic E-state index is 4.74. The third-order valence-corrected chi connectivity index (χ3v) is 4.47. The van der Waals surface area contributed by atoms with Gasteiger partial charge in [0.1, 0.15) is 0 Å². The lowest BCUT2D eigenvalue weighted by atomic mass is 10.2. The molecule has 0 amide bonds. The van der Waals surface area contributed by atoms with E-state index in [1.807, 2.05) is 11.3 Å². The van der Waals surface area contributed by atoms with E-state index in [1.54, 1.807) is 0 Å². The van der Waals surface area contributed by atoms with Gasteiger partial charge in [-0.3, -0.25) is 0 Å². The van der Waals surface area contributed by atoms with Crippen LogP contribution in [0.4, 0.5) is 5.13 Å². The van der Waals surface area contributed by atoms with Gasteiger partial charge in [-0.05, 0) is 32.6 Å². The second-order valence-corrected chi connectivity index (χ2v) is 6.65. The maximum absolute atomic E-state index is 4.74. The quantitative estimate of drug-likeness (QED) is 0.822. The smallest absolute Gasteiger partial charge is 0.185 e. The van der Waals surface area contributed by atoms with Crippen LogP contribution in [-0.2, 0) is 6.54 Å². The number of rotatable bonds is 7. The molecule has 0 aliphatic heterocycles. The van der Waals surface area contributed by atoms with Crippen molar-refractivity contribution in [2.45, 2.75) is 53.1 Å². The number of thiazole rings is 1. The fourth-order valence-electron chi connectivity index (χ4n) is 2.02. The van der Waals surface area contributed by atoms with E-state index in [0.29, 0.717) is 5.92 Å². The monoisotopic (exact) mass is 267 g/mol. The number of nitrogens with zero attached hydrogens (tertiary/aromatic N) is 2. The average Bonchev–Trinajstić information content (AvgIpc) is 3.07. The summed E-state index contributed by atoms with van der Waals surface area (Å²) in [7, 11) is 0. The highest BCUT2D eigenvalue weighted by molar-refractivity contribution is 7.15. The van der Waals surface area contributed by atoms with Crippen molar-refractivity contribution in [3.8, 4) is 0 Å². The molecule has 1 saturated carbocycles. The highest BCUT2D eigenvalue weighted by Gasteiger charge is 2.21. The van der Waals surface area contributed by atoms with Crippen molar-refractivity contribution < 1.29 is 0 Å². The van der Waals surface area contributed by atoms with E-state index in [2.05, 4.69) is 37.9 Å². The van der Waals surface area contributed by atoms with Crippen LogP contribution in [0.15, 0.2) is 0 Å². The van der Waals surface area contributed by atoms with Gasteiger partial charge >= 0.3 is 0 Å². The second-order valence-electron chi connectivity index (χ2n) is 5.59. The molecule has 2 rings (SSSR count). The molecule has 0 atom stereocenters. The number of aryl methyl sites for hydroxylation is 1. The Morgan fingerprint density at radius 2 is 2.17 bits per heavy atom. The largest absolute Gasteiger partial charge is 0.348 e.